The van der Waals surface area contributed by atoms with Crippen LogP contribution in [0.25, 0.3) is 0 Å². The van der Waals surface area contributed by atoms with E-state index in [0.29, 0.717) is 50.8 Å². The molecule has 4 rings (SSSR count). The third kappa shape index (κ3) is 9.56. The van der Waals surface area contributed by atoms with Gasteiger partial charge in [0.2, 0.25) is 11.8 Å². The van der Waals surface area contributed by atoms with E-state index in [4.69, 9.17) is 14.5 Å². The Morgan fingerprint density at radius 1 is 1.20 bits per heavy atom. The molecule has 0 aromatic heterocycles. The lowest BCUT2D eigenvalue weighted by atomic mass is 9.84. The molecular formula is C31H44N6O4. The molecule has 1 atom stereocenters. The fourth-order valence-corrected chi connectivity index (χ4v) is 5.85. The number of rotatable bonds is 10. The second-order valence-electron chi connectivity index (χ2n) is 11.3. The van der Waals surface area contributed by atoms with Crippen molar-refractivity contribution in [2.75, 3.05) is 45.9 Å². The smallest absolute Gasteiger partial charge is 0.434 e. The van der Waals surface area contributed by atoms with E-state index in [0.717, 1.165) is 38.9 Å². The van der Waals surface area contributed by atoms with Crippen LogP contribution in [0.5, 0.6) is 0 Å². The third-order valence-corrected chi connectivity index (χ3v) is 8.31. The molecule has 0 bridgehead atoms. The molecule has 2 heterocycles. The Labute approximate surface area is 243 Å². The average Bonchev–Trinajstić information content (AvgIpc) is 3.01. The Bertz CT molecular complexity index is 1090. The number of benzene rings is 1. The van der Waals surface area contributed by atoms with Crippen molar-refractivity contribution in [2.45, 2.75) is 76.3 Å². The Kier molecular flexibility index (Phi) is 11.6. The first-order chi connectivity index (χ1) is 20.0. The van der Waals surface area contributed by atoms with Crippen molar-refractivity contribution >= 4 is 24.2 Å². The molecule has 10 nitrogen and oxygen atoms in total. The van der Waals surface area contributed by atoms with Gasteiger partial charge in [-0.2, -0.15) is 10.3 Å². The van der Waals surface area contributed by atoms with Gasteiger partial charge in [-0.15, -0.1) is 0 Å². The van der Waals surface area contributed by atoms with Gasteiger partial charge in [-0.1, -0.05) is 62.4 Å². The number of likely N-dealkylation sites (tertiary alicyclic amines) is 1. The van der Waals surface area contributed by atoms with Gasteiger partial charge in [-0.3, -0.25) is 4.79 Å². The molecule has 1 aromatic rings. The van der Waals surface area contributed by atoms with Crippen molar-refractivity contribution in [1.29, 1.82) is 5.26 Å². The largest absolute Gasteiger partial charge is 0.478 e. The predicted molar refractivity (Wildman–Crippen MR) is 158 cm³/mol. The number of ether oxygens (including phenoxy) is 2. The lowest BCUT2D eigenvalue weighted by molar-refractivity contribution is -0.124. The molecule has 1 aromatic carbocycles. The maximum Gasteiger partial charge on any atom is 0.434 e. The molecule has 2 aliphatic heterocycles. The Balaban J connectivity index is 1.39. The molecular weight excluding hydrogens is 520 g/mol. The molecule has 3 fully saturated rings. The van der Waals surface area contributed by atoms with Gasteiger partial charge in [-0.25, -0.2) is 9.79 Å². The predicted octanol–water partition coefficient (Wildman–Crippen LogP) is 3.96. The first-order valence-corrected chi connectivity index (χ1v) is 15.1. The molecule has 0 spiro atoms. The highest BCUT2D eigenvalue weighted by Gasteiger charge is 2.38. The van der Waals surface area contributed by atoms with Gasteiger partial charge in [0, 0.05) is 19.6 Å². The molecule has 1 aliphatic carbocycles. The molecule has 0 radical (unpaired) electrons. The quantitative estimate of drug-likeness (QED) is 0.337. The summed E-state index contributed by atoms with van der Waals surface area (Å²) in [6.07, 6.45) is 9.35. The molecule has 41 heavy (non-hydrogen) atoms. The minimum atomic E-state index is -0.892. The van der Waals surface area contributed by atoms with Gasteiger partial charge in [-0.05, 0) is 44.1 Å². The van der Waals surface area contributed by atoms with Crippen molar-refractivity contribution in [3.63, 3.8) is 0 Å². The van der Waals surface area contributed by atoms with Crippen LogP contribution in [0.2, 0.25) is 0 Å². The van der Waals surface area contributed by atoms with Crippen LogP contribution in [-0.4, -0.2) is 91.6 Å². The van der Waals surface area contributed by atoms with Crippen LogP contribution in [0.3, 0.4) is 0 Å². The summed E-state index contributed by atoms with van der Waals surface area (Å²) in [6.45, 7) is 5.71. The lowest BCUT2D eigenvalue weighted by Crippen LogP contribution is -2.56. The lowest BCUT2D eigenvalue weighted by Gasteiger charge is -2.38. The molecule has 1 saturated carbocycles. The number of nitriles is 1. The van der Waals surface area contributed by atoms with Gasteiger partial charge < -0.3 is 24.6 Å². The number of amides is 2. The Morgan fingerprint density at radius 2 is 1.95 bits per heavy atom. The molecule has 10 heteroatoms. The van der Waals surface area contributed by atoms with E-state index in [1.54, 1.807) is 6.92 Å². The van der Waals surface area contributed by atoms with Crippen molar-refractivity contribution in [1.82, 2.24) is 15.1 Å². The fourth-order valence-electron chi connectivity index (χ4n) is 5.85. The molecule has 1 unspecified atom stereocenters. The van der Waals surface area contributed by atoms with E-state index in [1.165, 1.54) is 31.2 Å². The number of carbonyl (C=O) groups is 2. The van der Waals surface area contributed by atoms with Gasteiger partial charge in [0.1, 0.15) is 18.2 Å². The van der Waals surface area contributed by atoms with Gasteiger partial charge >= 0.3 is 6.09 Å². The second kappa shape index (κ2) is 15.5. The van der Waals surface area contributed by atoms with E-state index >= 15 is 0 Å². The fraction of sp³-hybridized carbons (Fsp3) is 0.645. The zero-order valence-corrected chi connectivity index (χ0v) is 24.3. The van der Waals surface area contributed by atoms with Crippen LogP contribution in [0.4, 0.5) is 4.79 Å². The molecule has 222 valence electrons. The van der Waals surface area contributed by atoms with Crippen LogP contribution in [0.1, 0.15) is 63.9 Å². The van der Waals surface area contributed by atoms with Crippen LogP contribution >= 0.6 is 0 Å². The summed E-state index contributed by atoms with van der Waals surface area (Å²) >= 11 is 0. The zero-order chi connectivity index (χ0) is 28.9. The second-order valence-corrected chi connectivity index (χ2v) is 11.3. The SMILES string of the molecule is CCOC(=O)/N=C\N1CCO/C(=N/C(CC2CCCCC2)C(=O)NC2(C#N)CCN(CCc3ccccc3)CC2)C1. The van der Waals surface area contributed by atoms with Crippen molar-refractivity contribution in [3.8, 4) is 6.07 Å². The van der Waals surface area contributed by atoms with Crippen molar-refractivity contribution < 1.29 is 19.1 Å². The average molecular weight is 565 g/mol. The number of morpholine rings is 1. The number of hydrogen-bond acceptors (Lipinski definition) is 7. The van der Waals surface area contributed by atoms with Crippen molar-refractivity contribution in [3.05, 3.63) is 35.9 Å². The van der Waals surface area contributed by atoms with Gasteiger partial charge in [0.25, 0.3) is 0 Å². The molecule has 2 saturated heterocycles. The monoisotopic (exact) mass is 564 g/mol. The van der Waals surface area contributed by atoms with Crippen LogP contribution in [0.15, 0.2) is 40.3 Å². The highest BCUT2D eigenvalue weighted by atomic mass is 16.5. The van der Waals surface area contributed by atoms with Crippen LogP contribution in [-0.2, 0) is 20.7 Å². The number of nitrogens with one attached hydrogen (secondary N) is 1. The van der Waals surface area contributed by atoms with E-state index in [-0.39, 0.29) is 12.5 Å². The number of carbonyl (C=O) groups excluding carboxylic acids is 2. The maximum atomic E-state index is 13.7. The van der Waals surface area contributed by atoms with E-state index in [9.17, 15) is 14.9 Å². The van der Waals surface area contributed by atoms with Crippen molar-refractivity contribution in [2.24, 2.45) is 15.9 Å². The first-order valence-electron chi connectivity index (χ1n) is 15.1. The number of nitrogens with zero attached hydrogens (tertiary/aromatic N) is 5. The van der Waals surface area contributed by atoms with E-state index in [2.05, 4.69) is 45.5 Å². The van der Waals surface area contributed by atoms with Gasteiger partial charge in [0.15, 0.2) is 0 Å². The minimum Gasteiger partial charge on any atom is -0.478 e. The summed E-state index contributed by atoms with van der Waals surface area (Å²) in [7, 11) is 0. The zero-order valence-electron chi connectivity index (χ0n) is 24.3. The highest BCUT2D eigenvalue weighted by Crippen LogP contribution is 2.29. The topological polar surface area (TPSA) is 120 Å². The van der Waals surface area contributed by atoms with Gasteiger partial charge in [0.05, 0.1) is 32.1 Å². The number of piperidine rings is 1. The summed E-state index contributed by atoms with van der Waals surface area (Å²) in [5.74, 6) is 0.666. The summed E-state index contributed by atoms with van der Waals surface area (Å²) < 4.78 is 10.7. The summed E-state index contributed by atoms with van der Waals surface area (Å²) in [5.41, 5.74) is 0.412. The van der Waals surface area contributed by atoms with E-state index in [1.807, 2.05) is 11.0 Å². The number of aliphatic imine (C=N–C) groups is 2. The third-order valence-electron chi connectivity index (χ3n) is 8.31. The number of hydrogen-bond donors (Lipinski definition) is 1. The summed E-state index contributed by atoms with van der Waals surface area (Å²) in [6, 6.07) is 12.2. The highest BCUT2D eigenvalue weighted by molar-refractivity contribution is 5.89. The molecule has 2 amide bonds. The maximum absolute atomic E-state index is 13.7. The molecule has 1 N–H and O–H groups in total. The molecule has 3 aliphatic rings. The Hall–Kier alpha value is -3.45. The Morgan fingerprint density at radius 3 is 2.66 bits per heavy atom. The summed E-state index contributed by atoms with van der Waals surface area (Å²) in [5, 5.41) is 13.3. The first kappa shape index (κ1) is 30.5. The van der Waals surface area contributed by atoms with Crippen LogP contribution < -0.4 is 5.32 Å². The van der Waals surface area contributed by atoms with E-state index < -0.39 is 17.7 Å². The minimum absolute atomic E-state index is 0.205. The standard InChI is InChI=1S/C31H44N6O4/c1-2-40-30(39)33-24-37-19-20-41-28(22-37)34-27(21-26-11-7-4-8-12-26)29(38)35-31(23-32)14-17-36(18-15-31)16-13-25-9-5-3-6-10-25/h3,5-6,9-10,24,26-27H,2,4,7-8,11-22H2,1H3,(H,35,38)/b33-24-,34-28+. The normalized spacial score (nSPS) is 21.7. The van der Waals surface area contributed by atoms with Crippen LogP contribution in [0, 0.1) is 17.2 Å². The summed E-state index contributed by atoms with van der Waals surface area (Å²) in [4.78, 5) is 38.2.